The molecule has 0 saturated carbocycles. The van der Waals surface area contributed by atoms with E-state index in [1.54, 1.807) is 18.4 Å². The molecule has 9 heteroatoms. The SMILES string of the molecule is C[C@@H](NC(=O)CSc1n[nH]c(-c2ccco2)n1)c1ccc2c(c1)OCCO2. The Hall–Kier alpha value is -2.94. The maximum Gasteiger partial charge on any atom is 0.230 e. The van der Waals surface area contributed by atoms with E-state index in [1.165, 1.54) is 11.8 Å². The number of aromatic nitrogens is 3. The number of H-pyrrole nitrogens is 1. The van der Waals surface area contributed by atoms with Crippen LogP contribution in [-0.2, 0) is 4.79 Å². The summed E-state index contributed by atoms with van der Waals surface area (Å²) in [5, 5.41) is 10.3. The summed E-state index contributed by atoms with van der Waals surface area (Å²) in [5.74, 6) is 2.69. The Morgan fingerprint density at radius 2 is 2.15 bits per heavy atom. The van der Waals surface area contributed by atoms with Crippen molar-refractivity contribution >= 4 is 17.7 Å². The summed E-state index contributed by atoms with van der Waals surface area (Å²) in [7, 11) is 0. The Morgan fingerprint density at radius 3 is 2.96 bits per heavy atom. The molecule has 3 aromatic rings. The molecule has 1 atom stereocenters. The van der Waals surface area contributed by atoms with Crippen LogP contribution in [0.3, 0.4) is 0 Å². The maximum atomic E-state index is 12.3. The third kappa shape index (κ3) is 4.08. The van der Waals surface area contributed by atoms with Crippen LogP contribution < -0.4 is 14.8 Å². The molecule has 2 N–H and O–H groups in total. The smallest absolute Gasteiger partial charge is 0.230 e. The summed E-state index contributed by atoms with van der Waals surface area (Å²) in [6.45, 7) is 3.01. The van der Waals surface area contributed by atoms with Gasteiger partial charge in [-0.15, -0.1) is 5.10 Å². The van der Waals surface area contributed by atoms with Crippen LogP contribution in [0.4, 0.5) is 0 Å². The van der Waals surface area contributed by atoms with Crippen molar-refractivity contribution in [2.24, 2.45) is 0 Å². The monoisotopic (exact) mass is 386 g/mol. The lowest BCUT2D eigenvalue weighted by atomic mass is 10.1. The Morgan fingerprint density at radius 1 is 1.30 bits per heavy atom. The number of benzene rings is 1. The minimum atomic E-state index is -0.153. The Kier molecular flexibility index (Phi) is 5.01. The number of hydrogen-bond donors (Lipinski definition) is 2. The number of nitrogens with zero attached hydrogens (tertiary/aromatic N) is 2. The molecule has 1 aromatic carbocycles. The Labute approximate surface area is 159 Å². The van der Waals surface area contributed by atoms with E-state index >= 15 is 0 Å². The van der Waals surface area contributed by atoms with Gasteiger partial charge < -0.3 is 19.2 Å². The average Bonchev–Trinajstić information content (AvgIpc) is 3.37. The molecule has 2 aromatic heterocycles. The van der Waals surface area contributed by atoms with Crippen LogP contribution in [0, 0.1) is 0 Å². The van der Waals surface area contributed by atoms with Gasteiger partial charge in [-0.1, -0.05) is 17.8 Å². The Balaban J connectivity index is 1.31. The number of aromatic amines is 1. The first-order valence-corrected chi connectivity index (χ1v) is 9.45. The predicted molar refractivity (Wildman–Crippen MR) is 98.8 cm³/mol. The molecule has 0 radical (unpaired) electrons. The van der Waals surface area contributed by atoms with E-state index < -0.39 is 0 Å². The number of thioether (sulfide) groups is 1. The predicted octanol–water partition coefficient (Wildman–Crippen LogP) is 2.81. The minimum Gasteiger partial charge on any atom is -0.486 e. The van der Waals surface area contributed by atoms with Gasteiger partial charge in [0.15, 0.2) is 23.1 Å². The third-order valence-corrected chi connectivity index (χ3v) is 4.84. The van der Waals surface area contributed by atoms with Crippen molar-refractivity contribution in [3.05, 3.63) is 42.2 Å². The van der Waals surface area contributed by atoms with E-state index in [0.717, 1.165) is 11.3 Å². The molecule has 1 amide bonds. The van der Waals surface area contributed by atoms with E-state index in [2.05, 4.69) is 20.5 Å². The fourth-order valence-corrected chi connectivity index (χ4v) is 3.27. The first kappa shape index (κ1) is 17.5. The van der Waals surface area contributed by atoms with Crippen LogP contribution in [0.25, 0.3) is 11.6 Å². The van der Waals surface area contributed by atoms with Crippen LogP contribution in [0.2, 0.25) is 0 Å². The van der Waals surface area contributed by atoms with Gasteiger partial charge in [-0.3, -0.25) is 9.89 Å². The number of carbonyl (C=O) groups is 1. The molecular formula is C18H18N4O4S. The number of hydrogen-bond acceptors (Lipinski definition) is 7. The van der Waals surface area contributed by atoms with Crippen LogP contribution in [0.15, 0.2) is 46.2 Å². The second-order valence-electron chi connectivity index (χ2n) is 5.92. The van der Waals surface area contributed by atoms with Gasteiger partial charge in [0.2, 0.25) is 11.1 Å². The van der Waals surface area contributed by atoms with Crippen molar-refractivity contribution in [3.8, 4) is 23.1 Å². The molecule has 140 valence electrons. The second kappa shape index (κ2) is 7.75. The van der Waals surface area contributed by atoms with Gasteiger partial charge in [0, 0.05) is 0 Å². The number of rotatable bonds is 6. The zero-order valence-corrected chi connectivity index (χ0v) is 15.4. The molecule has 1 aliphatic rings. The molecule has 0 saturated heterocycles. The van der Waals surface area contributed by atoms with Crippen molar-refractivity contribution in [1.29, 1.82) is 0 Å². The highest BCUT2D eigenvalue weighted by Gasteiger charge is 2.16. The van der Waals surface area contributed by atoms with Gasteiger partial charge >= 0.3 is 0 Å². The van der Waals surface area contributed by atoms with E-state index in [0.29, 0.717) is 35.7 Å². The molecule has 3 heterocycles. The van der Waals surface area contributed by atoms with Crippen LogP contribution >= 0.6 is 11.8 Å². The zero-order valence-electron chi connectivity index (χ0n) is 14.6. The van der Waals surface area contributed by atoms with E-state index in [1.807, 2.05) is 25.1 Å². The fourth-order valence-electron chi connectivity index (χ4n) is 2.66. The molecule has 0 bridgehead atoms. The van der Waals surface area contributed by atoms with Crippen molar-refractivity contribution in [2.45, 2.75) is 18.1 Å². The normalized spacial score (nSPS) is 14.0. The number of carbonyl (C=O) groups excluding carboxylic acids is 1. The van der Waals surface area contributed by atoms with E-state index in [4.69, 9.17) is 13.9 Å². The van der Waals surface area contributed by atoms with E-state index in [-0.39, 0.29) is 17.7 Å². The van der Waals surface area contributed by atoms with Gasteiger partial charge in [-0.05, 0) is 36.8 Å². The van der Waals surface area contributed by atoms with Gasteiger partial charge in [0.25, 0.3) is 0 Å². The summed E-state index contributed by atoms with van der Waals surface area (Å²) >= 11 is 1.25. The number of furan rings is 1. The highest BCUT2D eigenvalue weighted by Crippen LogP contribution is 2.32. The lowest BCUT2D eigenvalue weighted by Gasteiger charge is -2.21. The van der Waals surface area contributed by atoms with Crippen molar-refractivity contribution in [1.82, 2.24) is 20.5 Å². The second-order valence-corrected chi connectivity index (χ2v) is 6.87. The number of fused-ring (bicyclic) bond motifs is 1. The summed E-state index contributed by atoms with van der Waals surface area (Å²) in [4.78, 5) is 16.6. The lowest BCUT2D eigenvalue weighted by Crippen LogP contribution is -2.28. The summed E-state index contributed by atoms with van der Waals surface area (Å²) in [6, 6.07) is 9.10. The third-order valence-electron chi connectivity index (χ3n) is 4.00. The average molecular weight is 386 g/mol. The molecule has 1 aliphatic heterocycles. The first-order valence-electron chi connectivity index (χ1n) is 8.47. The summed E-state index contributed by atoms with van der Waals surface area (Å²) < 4.78 is 16.4. The van der Waals surface area contributed by atoms with Crippen molar-refractivity contribution < 1.29 is 18.7 Å². The van der Waals surface area contributed by atoms with Crippen LogP contribution in [-0.4, -0.2) is 40.1 Å². The number of amides is 1. The zero-order chi connectivity index (χ0) is 18.6. The van der Waals surface area contributed by atoms with Gasteiger partial charge in [0.05, 0.1) is 18.1 Å². The highest BCUT2D eigenvalue weighted by molar-refractivity contribution is 7.99. The van der Waals surface area contributed by atoms with Crippen LogP contribution in [0.1, 0.15) is 18.5 Å². The molecule has 8 nitrogen and oxygen atoms in total. The summed E-state index contributed by atoms with van der Waals surface area (Å²) in [6.07, 6.45) is 1.57. The standard InChI is InChI=1S/C18H18N4O4S/c1-11(12-4-5-13-15(9-12)26-8-7-25-13)19-16(23)10-27-18-20-17(21-22-18)14-3-2-6-24-14/h2-6,9,11H,7-8,10H2,1H3,(H,19,23)(H,20,21,22)/t11-/m1/s1. The van der Waals surface area contributed by atoms with Gasteiger partial charge in [0.1, 0.15) is 13.2 Å². The lowest BCUT2D eigenvalue weighted by molar-refractivity contribution is -0.119. The molecule has 0 unspecified atom stereocenters. The van der Waals surface area contributed by atoms with Crippen LogP contribution in [0.5, 0.6) is 11.5 Å². The molecule has 0 fully saturated rings. The first-order chi connectivity index (χ1) is 13.2. The largest absolute Gasteiger partial charge is 0.486 e. The minimum absolute atomic E-state index is 0.105. The van der Waals surface area contributed by atoms with Gasteiger partial charge in [-0.2, -0.15) is 4.98 Å². The molecule has 4 rings (SSSR count). The molecule has 0 aliphatic carbocycles. The van der Waals surface area contributed by atoms with Crippen molar-refractivity contribution in [3.63, 3.8) is 0 Å². The Bertz CT molecular complexity index is 925. The number of ether oxygens (including phenoxy) is 2. The van der Waals surface area contributed by atoms with E-state index in [9.17, 15) is 4.79 Å². The number of nitrogens with one attached hydrogen (secondary N) is 2. The van der Waals surface area contributed by atoms with Gasteiger partial charge in [-0.25, -0.2) is 0 Å². The molecule has 27 heavy (non-hydrogen) atoms. The van der Waals surface area contributed by atoms with Crippen molar-refractivity contribution in [2.75, 3.05) is 19.0 Å². The summed E-state index contributed by atoms with van der Waals surface area (Å²) in [5.41, 5.74) is 0.954. The fraction of sp³-hybridized carbons (Fsp3) is 0.278. The highest BCUT2D eigenvalue weighted by atomic mass is 32.2. The molecule has 0 spiro atoms. The molecular weight excluding hydrogens is 368 g/mol. The maximum absolute atomic E-state index is 12.3. The quantitative estimate of drug-likeness (QED) is 0.628. The topological polar surface area (TPSA) is 102 Å².